The summed E-state index contributed by atoms with van der Waals surface area (Å²) in [6, 6.07) is 18.3. The Morgan fingerprint density at radius 2 is 1.84 bits per heavy atom. The molecule has 1 atom stereocenters. The first-order valence-corrected chi connectivity index (χ1v) is 11.6. The Labute approximate surface area is 186 Å². The van der Waals surface area contributed by atoms with E-state index in [1.807, 2.05) is 42.7 Å². The van der Waals surface area contributed by atoms with Crippen LogP contribution in [0.25, 0.3) is 10.9 Å². The van der Waals surface area contributed by atoms with E-state index in [0.717, 1.165) is 22.3 Å². The van der Waals surface area contributed by atoms with Gasteiger partial charge in [-0.1, -0.05) is 36.4 Å². The molecule has 0 aliphatic heterocycles. The molecular weight excluding hydrogens is 410 g/mol. The number of rotatable bonds is 10. The van der Waals surface area contributed by atoms with Gasteiger partial charge < -0.3 is 15.4 Å². The maximum atomic E-state index is 12.8. The molecule has 0 unspecified atom stereocenters. The zero-order valence-corrected chi connectivity index (χ0v) is 18.6. The quantitative estimate of drug-likeness (QED) is 0.508. The Balaban J connectivity index is 1.60. The number of aromatic nitrogens is 1. The number of carbonyl (C=O) groups is 2. The predicted octanol–water partition coefficient (Wildman–Crippen LogP) is 3.45. The second-order valence-electron chi connectivity index (χ2n) is 7.04. The number of carbonyl (C=O) groups excluding carboxylic acids is 2. The highest BCUT2D eigenvalue weighted by atomic mass is 32.2. The van der Waals surface area contributed by atoms with Crippen molar-refractivity contribution in [2.45, 2.75) is 18.9 Å². The molecule has 7 heteroatoms. The maximum absolute atomic E-state index is 12.8. The third kappa shape index (κ3) is 6.21. The van der Waals surface area contributed by atoms with Crippen LogP contribution in [0.5, 0.6) is 5.75 Å². The standard InChI is InChI=1S/C24H27N3O3S/c1-30-22-10-6-4-8-19(22)23(28)27-21(14-16-31-2)24(29)25-15-13-18-12-11-17-7-3-5-9-20(17)26-18/h3-12,21H,13-16H2,1-2H3,(H,25,29)(H,27,28)/t21-/m1/s1. The van der Waals surface area contributed by atoms with Crippen molar-refractivity contribution in [3.8, 4) is 5.75 Å². The first-order chi connectivity index (χ1) is 15.1. The average molecular weight is 438 g/mol. The summed E-state index contributed by atoms with van der Waals surface area (Å²) in [6.45, 7) is 0.449. The van der Waals surface area contributed by atoms with Gasteiger partial charge in [0.1, 0.15) is 11.8 Å². The Morgan fingerprint density at radius 1 is 1.06 bits per heavy atom. The van der Waals surface area contributed by atoms with E-state index in [1.54, 1.807) is 36.0 Å². The van der Waals surface area contributed by atoms with E-state index >= 15 is 0 Å². The smallest absolute Gasteiger partial charge is 0.255 e. The van der Waals surface area contributed by atoms with Crippen molar-refractivity contribution in [1.29, 1.82) is 0 Å². The Bertz CT molecular complexity index is 1040. The lowest BCUT2D eigenvalue weighted by Crippen LogP contribution is -2.47. The number of nitrogens with one attached hydrogen (secondary N) is 2. The number of ether oxygens (including phenoxy) is 1. The highest BCUT2D eigenvalue weighted by molar-refractivity contribution is 7.98. The summed E-state index contributed by atoms with van der Waals surface area (Å²) in [6.07, 6.45) is 3.14. The van der Waals surface area contributed by atoms with Crippen LogP contribution in [0, 0.1) is 0 Å². The molecule has 0 fully saturated rings. The van der Waals surface area contributed by atoms with Gasteiger partial charge in [0.25, 0.3) is 5.91 Å². The normalized spacial score (nSPS) is 11.7. The highest BCUT2D eigenvalue weighted by Crippen LogP contribution is 2.17. The van der Waals surface area contributed by atoms with Gasteiger partial charge in [-0.3, -0.25) is 14.6 Å². The van der Waals surface area contributed by atoms with Crippen LogP contribution in [0.15, 0.2) is 60.7 Å². The molecule has 2 amide bonds. The van der Waals surface area contributed by atoms with Gasteiger partial charge in [-0.05, 0) is 42.7 Å². The second-order valence-corrected chi connectivity index (χ2v) is 8.03. The molecule has 0 saturated carbocycles. The van der Waals surface area contributed by atoms with Gasteiger partial charge in [-0.25, -0.2) is 0 Å². The first-order valence-electron chi connectivity index (χ1n) is 10.2. The van der Waals surface area contributed by atoms with E-state index in [4.69, 9.17) is 4.74 Å². The monoisotopic (exact) mass is 437 g/mol. The molecule has 162 valence electrons. The van der Waals surface area contributed by atoms with Crippen LogP contribution < -0.4 is 15.4 Å². The number of benzene rings is 2. The van der Waals surface area contributed by atoms with Crippen LogP contribution in [0.3, 0.4) is 0 Å². The van der Waals surface area contributed by atoms with Gasteiger partial charge in [0.05, 0.1) is 18.2 Å². The van der Waals surface area contributed by atoms with Gasteiger partial charge in [-0.15, -0.1) is 0 Å². The lowest BCUT2D eigenvalue weighted by molar-refractivity contribution is -0.122. The number of hydrogen-bond donors (Lipinski definition) is 2. The topological polar surface area (TPSA) is 80.3 Å². The van der Waals surface area contributed by atoms with Crippen LogP contribution in [0.4, 0.5) is 0 Å². The summed E-state index contributed by atoms with van der Waals surface area (Å²) in [5.41, 5.74) is 2.26. The lowest BCUT2D eigenvalue weighted by Gasteiger charge is -2.19. The Kier molecular flexibility index (Phi) is 8.29. The molecule has 6 nitrogen and oxygen atoms in total. The summed E-state index contributed by atoms with van der Waals surface area (Å²) in [7, 11) is 1.52. The number of methoxy groups -OCH3 is 1. The number of amides is 2. The van der Waals surface area contributed by atoms with E-state index in [1.165, 1.54) is 7.11 Å². The zero-order chi connectivity index (χ0) is 22.1. The molecule has 0 spiro atoms. The van der Waals surface area contributed by atoms with Crippen molar-refractivity contribution >= 4 is 34.5 Å². The maximum Gasteiger partial charge on any atom is 0.255 e. The number of hydrogen-bond acceptors (Lipinski definition) is 5. The summed E-state index contributed by atoms with van der Waals surface area (Å²) >= 11 is 1.63. The van der Waals surface area contributed by atoms with E-state index in [-0.39, 0.29) is 11.8 Å². The molecule has 0 saturated heterocycles. The fraction of sp³-hybridized carbons (Fsp3) is 0.292. The predicted molar refractivity (Wildman–Crippen MR) is 126 cm³/mol. The third-order valence-corrected chi connectivity index (χ3v) is 5.56. The molecule has 0 aliphatic rings. The minimum atomic E-state index is -0.616. The van der Waals surface area contributed by atoms with Crippen LogP contribution in [-0.2, 0) is 11.2 Å². The van der Waals surface area contributed by atoms with Crippen LogP contribution in [-0.4, -0.2) is 48.5 Å². The van der Waals surface area contributed by atoms with Crippen molar-refractivity contribution in [3.63, 3.8) is 0 Å². The summed E-state index contributed by atoms with van der Waals surface area (Å²) in [5, 5.41) is 6.88. The second kappa shape index (κ2) is 11.4. The fourth-order valence-corrected chi connectivity index (χ4v) is 3.73. The summed E-state index contributed by atoms with van der Waals surface area (Å²) < 4.78 is 5.26. The number of nitrogens with zero attached hydrogens (tertiary/aromatic N) is 1. The van der Waals surface area contributed by atoms with Crippen molar-refractivity contribution in [2.24, 2.45) is 0 Å². The fourth-order valence-electron chi connectivity index (χ4n) is 3.26. The molecular formula is C24H27N3O3S. The van der Waals surface area contributed by atoms with Crippen LogP contribution in [0.1, 0.15) is 22.5 Å². The van der Waals surface area contributed by atoms with Gasteiger partial charge in [0.2, 0.25) is 5.91 Å². The Hall–Kier alpha value is -3.06. The molecule has 1 heterocycles. The van der Waals surface area contributed by atoms with E-state index in [0.29, 0.717) is 30.7 Å². The lowest BCUT2D eigenvalue weighted by atomic mass is 10.1. The molecule has 31 heavy (non-hydrogen) atoms. The molecule has 3 aromatic rings. The van der Waals surface area contributed by atoms with Crippen LogP contribution >= 0.6 is 11.8 Å². The molecule has 1 aromatic heterocycles. The average Bonchev–Trinajstić information content (AvgIpc) is 2.81. The Morgan fingerprint density at radius 3 is 2.65 bits per heavy atom. The van der Waals surface area contributed by atoms with Crippen molar-refractivity contribution in [3.05, 3.63) is 71.9 Å². The van der Waals surface area contributed by atoms with Gasteiger partial charge >= 0.3 is 0 Å². The molecule has 2 N–H and O–H groups in total. The molecule has 2 aromatic carbocycles. The van der Waals surface area contributed by atoms with Crippen molar-refractivity contribution < 1.29 is 14.3 Å². The largest absolute Gasteiger partial charge is 0.496 e. The van der Waals surface area contributed by atoms with E-state index in [2.05, 4.69) is 15.6 Å². The third-order valence-electron chi connectivity index (χ3n) is 4.92. The van der Waals surface area contributed by atoms with Crippen molar-refractivity contribution in [1.82, 2.24) is 15.6 Å². The number of fused-ring (bicyclic) bond motifs is 1. The van der Waals surface area contributed by atoms with Gasteiger partial charge in [0.15, 0.2) is 0 Å². The minimum absolute atomic E-state index is 0.196. The molecule has 0 aliphatic carbocycles. The number of pyridine rings is 1. The molecule has 0 radical (unpaired) electrons. The molecule has 0 bridgehead atoms. The van der Waals surface area contributed by atoms with Crippen LogP contribution in [0.2, 0.25) is 0 Å². The minimum Gasteiger partial charge on any atom is -0.496 e. The number of para-hydroxylation sites is 2. The zero-order valence-electron chi connectivity index (χ0n) is 17.8. The van der Waals surface area contributed by atoms with E-state index in [9.17, 15) is 9.59 Å². The first kappa shape index (κ1) is 22.6. The highest BCUT2D eigenvalue weighted by Gasteiger charge is 2.22. The van der Waals surface area contributed by atoms with Crippen molar-refractivity contribution in [2.75, 3.05) is 25.7 Å². The number of thioether (sulfide) groups is 1. The van der Waals surface area contributed by atoms with E-state index < -0.39 is 6.04 Å². The SMILES string of the molecule is COc1ccccc1C(=O)N[C@H](CCSC)C(=O)NCCc1ccc2ccccc2n1. The summed E-state index contributed by atoms with van der Waals surface area (Å²) in [4.78, 5) is 30.2. The molecule has 3 rings (SSSR count). The van der Waals surface area contributed by atoms with Gasteiger partial charge in [-0.2, -0.15) is 11.8 Å². The summed E-state index contributed by atoms with van der Waals surface area (Å²) in [5.74, 6) is 0.718. The van der Waals surface area contributed by atoms with Gasteiger partial charge in [0, 0.05) is 24.0 Å².